The van der Waals surface area contributed by atoms with Gasteiger partial charge in [0.2, 0.25) is 0 Å². The number of carbonyl (C=O) groups excluding carboxylic acids is 2. The van der Waals surface area contributed by atoms with E-state index in [9.17, 15) is 9.59 Å². The number of imide groups is 1. The van der Waals surface area contributed by atoms with Crippen LogP contribution in [0.2, 0.25) is 5.02 Å². The van der Waals surface area contributed by atoms with Gasteiger partial charge in [-0.1, -0.05) is 23.8 Å². The highest BCUT2D eigenvalue weighted by Gasteiger charge is 2.59. The van der Waals surface area contributed by atoms with Crippen LogP contribution < -0.4 is 9.47 Å². The molecule has 1 saturated carbocycles. The quantitative estimate of drug-likeness (QED) is 0.410. The molecule has 8 heteroatoms. The Morgan fingerprint density at radius 1 is 1.19 bits per heavy atom. The Morgan fingerprint density at radius 2 is 1.81 bits per heavy atom. The summed E-state index contributed by atoms with van der Waals surface area (Å²) in [6.45, 7) is 0. The van der Waals surface area contributed by atoms with Crippen LogP contribution in [0.25, 0.3) is 0 Å². The Bertz CT molecular complexity index is 839. The minimum absolute atomic E-state index is 0.156. The molecule has 4 rings (SSSR count). The molecular formula is C18H16BrClN2O4. The number of hydrogen-bond donors (Lipinski definition) is 0. The predicted molar refractivity (Wildman–Crippen MR) is 99.4 cm³/mol. The van der Waals surface area contributed by atoms with Crippen LogP contribution in [-0.4, -0.2) is 37.3 Å². The van der Waals surface area contributed by atoms with Crippen molar-refractivity contribution in [2.24, 2.45) is 28.8 Å². The van der Waals surface area contributed by atoms with Gasteiger partial charge < -0.3 is 9.47 Å². The van der Waals surface area contributed by atoms with E-state index in [0.717, 1.165) is 11.4 Å². The Balaban J connectivity index is 1.64. The summed E-state index contributed by atoms with van der Waals surface area (Å²) in [6, 6.07) is 1.68. The summed E-state index contributed by atoms with van der Waals surface area (Å²) >= 11 is 9.69. The Labute approximate surface area is 163 Å². The van der Waals surface area contributed by atoms with Crippen molar-refractivity contribution in [2.75, 3.05) is 14.2 Å². The van der Waals surface area contributed by atoms with Crippen molar-refractivity contribution in [2.45, 2.75) is 6.42 Å². The van der Waals surface area contributed by atoms with Gasteiger partial charge in [0.15, 0.2) is 11.5 Å². The first-order valence-corrected chi connectivity index (χ1v) is 9.35. The number of methoxy groups -OCH3 is 2. The number of hydrogen-bond acceptors (Lipinski definition) is 5. The molecule has 2 amide bonds. The molecule has 3 aliphatic rings. The number of rotatable bonds is 4. The van der Waals surface area contributed by atoms with Crippen molar-refractivity contribution in [1.29, 1.82) is 0 Å². The van der Waals surface area contributed by atoms with Gasteiger partial charge in [-0.25, -0.2) is 0 Å². The van der Waals surface area contributed by atoms with Gasteiger partial charge in [0.25, 0.3) is 11.8 Å². The summed E-state index contributed by atoms with van der Waals surface area (Å²) in [5, 5.41) is 5.49. The van der Waals surface area contributed by atoms with E-state index < -0.39 is 0 Å². The zero-order chi connectivity index (χ0) is 18.6. The molecule has 0 spiro atoms. The standard InChI is InChI=1S/C18H16BrClN2O4/c1-25-11-6-10(14(19)15(20)16(11)26-2)7-21-22-17(23)12-8-3-4-9(5-8)13(12)18(22)24/h3-4,6-9,12-13H,5H2,1-2H3/t8-,9-,12-,13+/m0/s1. The summed E-state index contributed by atoms with van der Waals surface area (Å²) in [5.41, 5.74) is 0.575. The van der Waals surface area contributed by atoms with E-state index in [1.54, 1.807) is 6.07 Å². The smallest absolute Gasteiger partial charge is 0.254 e. The fraction of sp³-hybridized carbons (Fsp3) is 0.389. The van der Waals surface area contributed by atoms with Crippen molar-refractivity contribution in [3.63, 3.8) is 0 Å². The zero-order valence-corrected chi connectivity index (χ0v) is 16.5. The van der Waals surface area contributed by atoms with Gasteiger partial charge in [0.05, 0.1) is 32.3 Å². The lowest BCUT2D eigenvalue weighted by Gasteiger charge is -2.14. The van der Waals surface area contributed by atoms with Gasteiger partial charge in [-0.2, -0.15) is 10.1 Å². The molecule has 4 atom stereocenters. The average molecular weight is 440 g/mol. The van der Waals surface area contributed by atoms with E-state index in [-0.39, 0.29) is 35.5 Å². The summed E-state index contributed by atoms with van der Waals surface area (Å²) in [6.07, 6.45) is 6.43. The lowest BCUT2D eigenvalue weighted by Crippen LogP contribution is -2.28. The maximum Gasteiger partial charge on any atom is 0.254 e. The minimum Gasteiger partial charge on any atom is -0.493 e. The van der Waals surface area contributed by atoms with Gasteiger partial charge in [-0.3, -0.25) is 9.59 Å². The maximum absolute atomic E-state index is 12.7. The molecule has 1 aliphatic heterocycles. The summed E-state index contributed by atoms with van der Waals surface area (Å²) in [7, 11) is 2.99. The third-order valence-corrected chi connectivity index (χ3v) is 6.78. The van der Waals surface area contributed by atoms with Crippen LogP contribution in [0, 0.1) is 23.7 Å². The normalized spacial score (nSPS) is 29.2. The van der Waals surface area contributed by atoms with E-state index in [2.05, 4.69) is 33.2 Å². The van der Waals surface area contributed by atoms with E-state index in [1.807, 2.05) is 0 Å². The van der Waals surface area contributed by atoms with Gasteiger partial charge >= 0.3 is 0 Å². The zero-order valence-electron chi connectivity index (χ0n) is 14.1. The largest absolute Gasteiger partial charge is 0.493 e. The van der Waals surface area contributed by atoms with Crippen molar-refractivity contribution in [1.82, 2.24) is 5.01 Å². The highest BCUT2D eigenvalue weighted by Crippen LogP contribution is 2.52. The topological polar surface area (TPSA) is 68.2 Å². The number of amides is 2. The fourth-order valence-electron chi connectivity index (χ4n) is 4.16. The van der Waals surface area contributed by atoms with E-state index in [4.69, 9.17) is 21.1 Å². The minimum atomic E-state index is -0.271. The van der Waals surface area contributed by atoms with Crippen molar-refractivity contribution >= 4 is 45.6 Å². The predicted octanol–water partition coefficient (Wildman–Crippen LogP) is 3.26. The van der Waals surface area contributed by atoms with Crippen LogP contribution >= 0.6 is 27.5 Å². The molecule has 2 bridgehead atoms. The third-order valence-electron chi connectivity index (χ3n) is 5.34. The molecular weight excluding hydrogens is 424 g/mol. The lowest BCUT2D eigenvalue weighted by atomic mass is 9.85. The lowest BCUT2D eigenvalue weighted by molar-refractivity contribution is -0.140. The Morgan fingerprint density at radius 3 is 2.35 bits per heavy atom. The molecule has 0 radical (unpaired) electrons. The summed E-state index contributed by atoms with van der Waals surface area (Å²) in [4.78, 5) is 25.3. The van der Waals surface area contributed by atoms with Crippen LogP contribution in [-0.2, 0) is 9.59 Å². The molecule has 136 valence electrons. The molecule has 0 aromatic heterocycles. The fourth-order valence-corrected chi connectivity index (χ4v) is 4.84. The monoisotopic (exact) mass is 438 g/mol. The number of halogens is 2. The molecule has 1 saturated heterocycles. The number of hydrazone groups is 1. The third kappa shape index (κ3) is 2.41. The van der Waals surface area contributed by atoms with Crippen LogP contribution in [0.4, 0.5) is 0 Å². The van der Waals surface area contributed by atoms with Crippen molar-refractivity contribution < 1.29 is 19.1 Å². The summed E-state index contributed by atoms with van der Waals surface area (Å²) < 4.78 is 11.1. The van der Waals surface area contributed by atoms with Gasteiger partial charge in [-0.15, -0.1) is 0 Å². The first-order valence-electron chi connectivity index (χ1n) is 8.18. The second-order valence-electron chi connectivity index (χ2n) is 6.56. The molecule has 6 nitrogen and oxygen atoms in total. The van der Waals surface area contributed by atoms with E-state index >= 15 is 0 Å². The molecule has 1 aromatic rings. The van der Waals surface area contributed by atoms with E-state index in [0.29, 0.717) is 26.6 Å². The van der Waals surface area contributed by atoms with Crippen LogP contribution in [0.3, 0.4) is 0 Å². The highest BCUT2D eigenvalue weighted by atomic mass is 79.9. The second-order valence-corrected chi connectivity index (χ2v) is 7.73. The Hall–Kier alpha value is -1.86. The maximum atomic E-state index is 12.7. The Kier molecular flexibility index (Phi) is 4.31. The van der Waals surface area contributed by atoms with Gasteiger partial charge in [0, 0.05) is 10.0 Å². The number of nitrogens with zero attached hydrogens (tertiary/aromatic N) is 2. The molecule has 0 unspecified atom stereocenters. The average Bonchev–Trinajstić information content (AvgIpc) is 3.31. The van der Waals surface area contributed by atoms with Crippen molar-refractivity contribution in [3.8, 4) is 11.5 Å². The van der Waals surface area contributed by atoms with Gasteiger partial charge in [-0.05, 0) is 40.3 Å². The molecule has 1 aromatic carbocycles. The first-order chi connectivity index (χ1) is 12.5. The van der Waals surface area contributed by atoms with E-state index in [1.165, 1.54) is 20.4 Å². The number of carbonyl (C=O) groups is 2. The van der Waals surface area contributed by atoms with Crippen LogP contribution in [0.1, 0.15) is 12.0 Å². The van der Waals surface area contributed by atoms with Gasteiger partial charge in [0.1, 0.15) is 5.02 Å². The van der Waals surface area contributed by atoms with Crippen LogP contribution in [0.5, 0.6) is 11.5 Å². The number of allylic oxidation sites excluding steroid dienone is 2. The number of fused-ring (bicyclic) bond motifs is 5. The first kappa shape index (κ1) is 17.5. The molecule has 0 N–H and O–H groups in total. The SMILES string of the molecule is COc1cc(C=NN2C(=O)[C@@H]3[C@H](C2=O)[C@H]2C=C[C@H]3C2)c(Br)c(Cl)c1OC. The molecule has 1 heterocycles. The molecule has 26 heavy (non-hydrogen) atoms. The molecule has 2 fully saturated rings. The van der Waals surface area contributed by atoms with Crippen LogP contribution in [0.15, 0.2) is 27.8 Å². The van der Waals surface area contributed by atoms with Crippen molar-refractivity contribution in [3.05, 3.63) is 33.3 Å². The second kappa shape index (κ2) is 6.39. The summed E-state index contributed by atoms with van der Waals surface area (Å²) in [5.74, 6) is 0.141. The number of ether oxygens (including phenoxy) is 2. The molecule has 2 aliphatic carbocycles. The number of benzene rings is 1. The highest BCUT2D eigenvalue weighted by molar-refractivity contribution is 9.10.